The van der Waals surface area contributed by atoms with Gasteiger partial charge < -0.3 is 19.5 Å². The van der Waals surface area contributed by atoms with Gasteiger partial charge in [0.2, 0.25) is 5.43 Å². The van der Waals surface area contributed by atoms with Crippen molar-refractivity contribution in [2.45, 2.75) is 32.7 Å². The van der Waals surface area contributed by atoms with Crippen molar-refractivity contribution in [2.75, 3.05) is 13.2 Å². The number of hydrogen-bond donors (Lipinski definition) is 2. The number of aromatic carboxylic acids is 1. The zero-order valence-corrected chi connectivity index (χ0v) is 17.9. The quantitative estimate of drug-likeness (QED) is 0.533. The molecule has 1 heterocycles. The molecule has 31 heavy (non-hydrogen) atoms. The van der Waals surface area contributed by atoms with Gasteiger partial charge in [0.05, 0.1) is 35.2 Å². The van der Waals surface area contributed by atoms with E-state index >= 15 is 0 Å². The fourth-order valence-electron chi connectivity index (χ4n) is 3.80. The van der Waals surface area contributed by atoms with E-state index in [0.717, 1.165) is 0 Å². The van der Waals surface area contributed by atoms with Gasteiger partial charge in [0.15, 0.2) is 0 Å². The van der Waals surface area contributed by atoms with Crippen LogP contribution in [-0.4, -0.2) is 34.0 Å². The molecule has 3 rings (SSSR count). The number of fused-ring (bicyclic) bond motifs is 1. The van der Waals surface area contributed by atoms with E-state index < -0.39 is 28.8 Å². The predicted octanol–water partition coefficient (Wildman–Crippen LogP) is 4.43. The van der Waals surface area contributed by atoms with Crippen molar-refractivity contribution in [1.29, 1.82) is 0 Å². The molecule has 1 unspecified atom stereocenters. The molecule has 1 aromatic heterocycles. The Morgan fingerprint density at radius 3 is 2.55 bits per heavy atom. The number of rotatable bonds is 8. The number of carbonyl (C=O) groups is 1. The Morgan fingerprint density at radius 2 is 1.94 bits per heavy atom. The number of aliphatic hydroxyl groups excluding tert-OH is 1. The molecule has 6 nitrogen and oxygen atoms in total. The zero-order chi connectivity index (χ0) is 22.7. The second-order valence-electron chi connectivity index (χ2n) is 7.05. The Kier molecular flexibility index (Phi) is 6.97. The predicted molar refractivity (Wildman–Crippen MR) is 117 cm³/mol. The maximum Gasteiger partial charge on any atom is 0.341 e. The van der Waals surface area contributed by atoms with Crippen LogP contribution in [0.25, 0.3) is 10.9 Å². The number of carboxylic acid groups (broad SMARTS) is 1. The summed E-state index contributed by atoms with van der Waals surface area (Å²) in [6, 6.07) is 8.69. The van der Waals surface area contributed by atoms with E-state index in [0.29, 0.717) is 24.3 Å². The van der Waals surface area contributed by atoms with Crippen LogP contribution in [-0.2, 0) is 6.42 Å². The molecule has 0 radical (unpaired) electrons. The van der Waals surface area contributed by atoms with Crippen molar-refractivity contribution < 1.29 is 24.1 Å². The first-order valence-electron chi connectivity index (χ1n) is 9.95. The summed E-state index contributed by atoms with van der Waals surface area (Å²) in [5.74, 6) is -1.73. The van der Waals surface area contributed by atoms with Gasteiger partial charge in [0.1, 0.15) is 17.1 Å². The number of nitrogens with zero attached hydrogens (tertiary/aromatic N) is 1. The van der Waals surface area contributed by atoms with Gasteiger partial charge >= 0.3 is 5.97 Å². The lowest BCUT2D eigenvalue weighted by Crippen LogP contribution is -2.28. The Morgan fingerprint density at radius 1 is 1.23 bits per heavy atom. The molecular formula is C23H23ClFNO5. The third kappa shape index (κ3) is 4.16. The van der Waals surface area contributed by atoms with E-state index in [4.69, 9.17) is 16.3 Å². The Labute approximate surface area is 183 Å². The molecule has 0 aliphatic rings. The fraction of sp³-hybridized carbons (Fsp3) is 0.304. The molecule has 0 fully saturated rings. The number of carboxylic acids is 1. The summed E-state index contributed by atoms with van der Waals surface area (Å²) >= 11 is 5.91. The lowest BCUT2D eigenvalue weighted by atomic mass is 9.99. The summed E-state index contributed by atoms with van der Waals surface area (Å²) in [6.45, 7) is 3.64. The van der Waals surface area contributed by atoms with E-state index in [1.165, 1.54) is 18.2 Å². The van der Waals surface area contributed by atoms with Crippen molar-refractivity contribution in [1.82, 2.24) is 4.57 Å². The largest absolute Gasteiger partial charge is 0.492 e. The summed E-state index contributed by atoms with van der Waals surface area (Å²) in [6.07, 6.45) is 0.245. The molecule has 0 aliphatic heterocycles. The van der Waals surface area contributed by atoms with Gasteiger partial charge in [-0.15, -0.1) is 0 Å². The average molecular weight is 448 g/mol. The normalized spacial score (nSPS) is 12.2. The van der Waals surface area contributed by atoms with E-state index in [-0.39, 0.29) is 34.7 Å². The molecule has 0 saturated carbocycles. The van der Waals surface area contributed by atoms with Gasteiger partial charge in [-0.2, -0.15) is 0 Å². The van der Waals surface area contributed by atoms with E-state index in [1.54, 1.807) is 29.7 Å². The standard InChI is InChI=1S/C23H23ClFNO5/c1-3-14(12-27)26-17(11-13-7-5-9-16(24)20(13)25)19(23(29)30)22(28)15-8-6-10-18(21(15)26)31-4-2/h5-10,14,27H,3-4,11-12H2,1-2H3,(H,29,30). The summed E-state index contributed by atoms with van der Waals surface area (Å²) in [4.78, 5) is 25.4. The fourth-order valence-corrected chi connectivity index (χ4v) is 4.00. The van der Waals surface area contributed by atoms with Crippen molar-refractivity contribution in [3.63, 3.8) is 0 Å². The number of ether oxygens (including phenoxy) is 1. The highest BCUT2D eigenvalue weighted by Crippen LogP contribution is 2.32. The third-order valence-corrected chi connectivity index (χ3v) is 5.53. The number of benzene rings is 2. The van der Waals surface area contributed by atoms with Crippen molar-refractivity contribution in [2.24, 2.45) is 0 Å². The minimum absolute atomic E-state index is 0.0826. The summed E-state index contributed by atoms with van der Waals surface area (Å²) in [7, 11) is 0. The Bertz CT molecular complexity index is 1190. The Hall–Kier alpha value is -2.90. The summed E-state index contributed by atoms with van der Waals surface area (Å²) in [5.41, 5.74) is -0.556. The first-order valence-corrected chi connectivity index (χ1v) is 10.3. The molecule has 164 valence electrons. The molecule has 2 aromatic carbocycles. The van der Waals surface area contributed by atoms with Gasteiger partial charge in [-0.05, 0) is 37.1 Å². The lowest BCUT2D eigenvalue weighted by Gasteiger charge is -2.26. The average Bonchev–Trinajstić information content (AvgIpc) is 2.74. The van der Waals surface area contributed by atoms with Gasteiger partial charge in [-0.3, -0.25) is 4.79 Å². The topological polar surface area (TPSA) is 88.8 Å². The van der Waals surface area contributed by atoms with Crippen LogP contribution in [0.1, 0.15) is 47.9 Å². The SMILES string of the molecule is CCOc1cccc2c(=O)c(C(=O)O)c(Cc3cccc(Cl)c3F)n(C(CC)CO)c12. The van der Waals surface area contributed by atoms with E-state index in [9.17, 15) is 24.2 Å². The third-order valence-electron chi connectivity index (χ3n) is 5.24. The van der Waals surface area contributed by atoms with E-state index in [2.05, 4.69) is 0 Å². The van der Waals surface area contributed by atoms with Gasteiger partial charge in [0.25, 0.3) is 0 Å². The Balaban J connectivity index is 2.50. The summed E-state index contributed by atoms with van der Waals surface area (Å²) < 4.78 is 22.0. The molecule has 0 spiro atoms. The second-order valence-corrected chi connectivity index (χ2v) is 7.45. The van der Waals surface area contributed by atoms with Crippen LogP contribution in [0.4, 0.5) is 4.39 Å². The van der Waals surface area contributed by atoms with Crippen LogP contribution in [0.2, 0.25) is 5.02 Å². The van der Waals surface area contributed by atoms with Crippen molar-refractivity contribution in [3.05, 3.63) is 74.3 Å². The maximum absolute atomic E-state index is 14.7. The minimum Gasteiger partial charge on any atom is -0.492 e. The number of pyridine rings is 1. The number of aliphatic hydroxyl groups is 1. The molecule has 1 atom stereocenters. The van der Waals surface area contributed by atoms with Gasteiger partial charge in [-0.1, -0.05) is 36.7 Å². The van der Waals surface area contributed by atoms with Crippen LogP contribution in [0.5, 0.6) is 5.75 Å². The number of halogens is 2. The van der Waals surface area contributed by atoms with Crippen LogP contribution in [0.3, 0.4) is 0 Å². The first kappa shape index (κ1) is 22.8. The van der Waals surface area contributed by atoms with Gasteiger partial charge in [-0.25, -0.2) is 9.18 Å². The molecule has 0 amide bonds. The number of hydrogen-bond acceptors (Lipinski definition) is 4. The molecule has 3 aromatic rings. The molecular weight excluding hydrogens is 425 g/mol. The lowest BCUT2D eigenvalue weighted by molar-refractivity contribution is 0.0692. The molecule has 0 saturated heterocycles. The van der Waals surface area contributed by atoms with Crippen LogP contribution in [0.15, 0.2) is 41.2 Å². The van der Waals surface area contributed by atoms with Crippen molar-refractivity contribution >= 4 is 28.5 Å². The molecule has 0 bridgehead atoms. The molecule has 0 aliphatic carbocycles. The highest BCUT2D eigenvalue weighted by molar-refractivity contribution is 6.30. The highest BCUT2D eigenvalue weighted by Gasteiger charge is 2.27. The van der Waals surface area contributed by atoms with Crippen LogP contribution < -0.4 is 10.2 Å². The van der Waals surface area contributed by atoms with Crippen molar-refractivity contribution in [3.8, 4) is 5.75 Å². The maximum atomic E-state index is 14.7. The number of para-hydroxylation sites is 1. The zero-order valence-electron chi connectivity index (χ0n) is 17.2. The first-order chi connectivity index (χ1) is 14.8. The monoisotopic (exact) mass is 447 g/mol. The summed E-state index contributed by atoms with van der Waals surface area (Å²) in [5, 5.41) is 20.0. The van der Waals surface area contributed by atoms with Gasteiger partial charge in [0, 0.05) is 12.1 Å². The van der Waals surface area contributed by atoms with Crippen LogP contribution >= 0.6 is 11.6 Å². The molecule has 8 heteroatoms. The number of aromatic nitrogens is 1. The second kappa shape index (κ2) is 9.49. The van der Waals surface area contributed by atoms with Crippen LogP contribution in [0, 0.1) is 5.82 Å². The smallest absolute Gasteiger partial charge is 0.341 e. The molecule has 2 N–H and O–H groups in total. The minimum atomic E-state index is -1.42. The van der Waals surface area contributed by atoms with E-state index in [1.807, 2.05) is 6.92 Å². The highest BCUT2D eigenvalue weighted by atomic mass is 35.5.